The number of hydrogen-bond acceptors (Lipinski definition) is 3. The lowest BCUT2D eigenvalue weighted by Gasteiger charge is -2.27. The van der Waals surface area contributed by atoms with Crippen molar-refractivity contribution in [1.82, 2.24) is 4.90 Å². The van der Waals surface area contributed by atoms with Crippen LogP contribution in [0.5, 0.6) is 0 Å². The van der Waals surface area contributed by atoms with E-state index in [0.29, 0.717) is 0 Å². The Kier molecular flexibility index (Phi) is 5.15. The molecule has 1 fully saturated rings. The second-order valence-corrected chi connectivity index (χ2v) is 4.79. The van der Waals surface area contributed by atoms with Crippen molar-refractivity contribution in [2.24, 2.45) is 11.7 Å². The van der Waals surface area contributed by atoms with Crippen LogP contribution in [-0.2, 0) is 4.79 Å². The van der Waals surface area contributed by atoms with Gasteiger partial charge in [0.2, 0.25) is 5.91 Å². The van der Waals surface area contributed by atoms with Gasteiger partial charge in [-0.25, -0.2) is 0 Å². The van der Waals surface area contributed by atoms with Crippen LogP contribution in [-0.4, -0.2) is 40.1 Å². The van der Waals surface area contributed by atoms with Crippen LogP contribution in [0.2, 0.25) is 0 Å². The Labute approximate surface area is 102 Å². The number of likely N-dealkylation sites (tertiary alicyclic amines) is 1. The largest absolute Gasteiger partial charge is 0.396 e. The lowest BCUT2D eigenvalue weighted by atomic mass is 10.1. The molecule has 0 bridgehead atoms. The zero-order chi connectivity index (χ0) is 12.1. The van der Waals surface area contributed by atoms with Crippen LogP contribution in [0, 0.1) is 5.92 Å². The highest BCUT2D eigenvalue weighted by atomic mass is 32.1. The van der Waals surface area contributed by atoms with Crippen molar-refractivity contribution in [3.63, 3.8) is 0 Å². The van der Waals surface area contributed by atoms with Crippen LogP contribution in [0.15, 0.2) is 0 Å². The van der Waals surface area contributed by atoms with E-state index < -0.39 is 0 Å². The molecule has 2 atom stereocenters. The third-order valence-corrected chi connectivity index (χ3v) is 3.51. The first-order chi connectivity index (χ1) is 7.57. The quantitative estimate of drug-likeness (QED) is 0.698. The fourth-order valence-electron chi connectivity index (χ4n) is 2.12. The molecule has 0 saturated carbocycles. The first-order valence-electron chi connectivity index (χ1n) is 5.78. The van der Waals surface area contributed by atoms with Gasteiger partial charge in [-0.05, 0) is 32.6 Å². The summed E-state index contributed by atoms with van der Waals surface area (Å²) in [4.78, 5) is 14.2. The van der Waals surface area contributed by atoms with Gasteiger partial charge >= 0.3 is 0 Å². The van der Waals surface area contributed by atoms with E-state index in [-0.39, 0.29) is 29.5 Å². The first-order valence-corrected chi connectivity index (χ1v) is 6.19. The van der Waals surface area contributed by atoms with Crippen LogP contribution in [0.25, 0.3) is 0 Å². The number of hydrogen-bond donors (Lipinski definition) is 2. The average Bonchev–Trinajstić information content (AvgIpc) is 2.72. The molecule has 1 aliphatic rings. The summed E-state index contributed by atoms with van der Waals surface area (Å²) in [5, 5.41) is 8.80. The molecule has 1 aliphatic heterocycles. The minimum absolute atomic E-state index is 0.0351. The summed E-state index contributed by atoms with van der Waals surface area (Å²) >= 11 is 4.85. The molecule has 0 aromatic heterocycles. The molecule has 2 unspecified atom stereocenters. The van der Waals surface area contributed by atoms with Crippen LogP contribution >= 0.6 is 12.2 Å². The first kappa shape index (κ1) is 13.4. The molecule has 5 heteroatoms. The highest BCUT2D eigenvalue weighted by Gasteiger charge is 2.31. The Hall–Kier alpha value is -0.680. The number of carbonyl (C=O) groups is 1. The van der Waals surface area contributed by atoms with Gasteiger partial charge in [-0.2, -0.15) is 0 Å². The zero-order valence-electron chi connectivity index (χ0n) is 9.69. The maximum absolute atomic E-state index is 12.1. The molecule has 1 saturated heterocycles. The number of amides is 1. The van der Waals surface area contributed by atoms with Crippen molar-refractivity contribution in [2.75, 3.05) is 13.2 Å². The Balaban J connectivity index is 2.56. The summed E-state index contributed by atoms with van der Waals surface area (Å²) in [6.45, 7) is 2.73. The topological polar surface area (TPSA) is 66.6 Å². The molecular weight excluding hydrogens is 224 g/mol. The van der Waals surface area contributed by atoms with Crippen LogP contribution < -0.4 is 5.73 Å². The van der Waals surface area contributed by atoms with Crippen molar-refractivity contribution in [3.05, 3.63) is 0 Å². The number of aliphatic hydroxyl groups is 1. The Morgan fingerprint density at radius 3 is 2.94 bits per heavy atom. The summed E-state index contributed by atoms with van der Waals surface area (Å²) in [7, 11) is 0. The molecule has 3 N–H and O–H groups in total. The Morgan fingerprint density at radius 2 is 2.38 bits per heavy atom. The number of aliphatic hydroxyl groups excluding tert-OH is 1. The summed E-state index contributed by atoms with van der Waals surface area (Å²) in [5.41, 5.74) is 5.49. The highest BCUT2D eigenvalue weighted by molar-refractivity contribution is 7.80. The van der Waals surface area contributed by atoms with Gasteiger partial charge in [0, 0.05) is 19.2 Å². The summed E-state index contributed by atoms with van der Waals surface area (Å²) < 4.78 is 0. The van der Waals surface area contributed by atoms with Gasteiger partial charge in [-0.1, -0.05) is 12.2 Å². The van der Waals surface area contributed by atoms with Crippen molar-refractivity contribution in [1.29, 1.82) is 0 Å². The average molecular weight is 244 g/mol. The molecule has 4 nitrogen and oxygen atoms in total. The number of rotatable bonds is 5. The van der Waals surface area contributed by atoms with E-state index in [1.807, 2.05) is 4.90 Å². The van der Waals surface area contributed by atoms with Gasteiger partial charge in [0.15, 0.2) is 0 Å². The Morgan fingerprint density at radius 1 is 1.69 bits per heavy atom. The third-order valence-electron chi connectivity index (χ3n) is 3.15. The summed E-state index contributed by atoms with van der Waals surface area (Å²) in [6, 6.07) is 0.261. The fraction of sp³-hybridized carbons (Fsp3) is 0.818. The monoisotopic (exact) mass is 244 g/mol. The fourth-order valence-corrected chi connectivity index (χ4v) is 2.22. The number of thiocarbonyl (C=S) groups is 1. The van der Waals surface area contributed by atoms with E-state index in [1.165, 1.54) is 0 Å². The molecule has 1 amide bonds. The van der Waals surface area contributed by atoms with Gasteiger partial charge in [0.25, 0.3) is 0 Å². The van der Waals surface area contributed by atoms with Gasteiger partial charge in [0.1, 0.15) is 0 Å². The molecule has 0 aliphatic carbocycles. The molecule has 0 radical (unpaired) electrons. The maximum atomic E-state index is 12.1. The SMILES string of the molecule is CC(C(=O)N1CCCC1CCCO)C(N)=S. The van der Waals surface area contributed by atoms with Crippen LogP contribution in [0.3, 0.4) is 0 Å². The molecule has 16 heavy (non-hydrogen) atoms. The van der Waals surface area contributed by atoms with Gasteiger partial charge in [0.05, 0.1) is 10.9 Å². The molecule has 1 heterocycles. The van der Waals surface area contributed by atoms with Crippen molar-refractivity contribution >= 4 is 23.1 Å². The smallest absolute Gasteiger partial charge is 0.232 e. The zero-order valence-corrected chi connectivity index (χ0v) is 10.5. The van der Waals surface area contributed by atoms with E-state index >= 15 is 0 Å². The molecule has 0 aromatic rings. The van der Waals surface area contributed by atoms with Crippen LogP contribution in [0.1, 0.15) is 32.6 Å². The lowest BCUT2D eigenvalue weighted by Crippen LogP contribution is -2.42. The number of carbonyl (C=O) groups excluding carboxylic acids is 1. The second-order valence-electron chi connectivity index (χ2n) is 4.32. The predicted molar refractivity (Wildman–Crippen MR) is 67.0 cm³/mol. The molecular formula is C11H20N2O2S. The van der Waals surface area contributed by atoms with Crippen LogP contribution in [0.4, 0.5) is 0 Å². The number of nitrogens with two attached hydrogens (primary N) is 1. The minimum atomic E-state index is -0.371. The standard InChI is InChI=1S/C11H20N2O2S/c1-8(10(12)16)11(15)13-6-2-4-9(13)5-3-7-14/h8-9,14H,2-7H2,1H3,(H2,12,16). The predicted octanol–water partition coefficient (Wildman–Crippen LogP) is 0.672. The van der Waals surface area contributed by atoms with Crippen molar-refractivity contribution in [3.8, 4) is 0 Å². The highest BCUT2D eigenvalue weighted by Crippen LogP contribution is 2.23. The maximum Gasteiger partial charge on any atom is 0.232 e. The summed E-state index contributed by atoms with van der Waals surface area (Å²) in [6.07, 6.45) is 3.67. The molecule has 0 spiro atoms. The van der Waals surface area contributed by atoms with E-state index in [2.05, 4.69) is 0 Å². The lowest BCUT2D eigenvalue weighted by molar-refractivity contribution is -0.133. The minimum Gasteiger partial charge on any atom is -0.396 e. The normalized spacial score (nSPS) is 22.1. The van der Waals surface area contributed by atoms with E-state index in [9.17, 15) is 4.79 Å². The summed E-state index contributed by atoms with van der Waals surface area (Å²) in [5.74, 6) is -0.335. The van der Waals surface area contributed by atoms with E-state index in [1.54, 1.807) is 6.92 Å². The van der Waals surface area contributed by atoms with Gasteiger partial charge in [-0.3, -0.25) is 4.79 Å². The molecule has 92 valence electrons. The number of nitrogens with zero attached hydrogens (tertiary/aromatic N) is 1. The second kappa shape index (κ2) is 6.15. The molecule has 0 aromatic carbocycles. The van der Waals surface area contributed by atoms with E-state index in [4.69, 9.17) is 23.1 Å². The van der Waals surface area contributed by atoms with Crippen molar-refractivity contribution < 1.29 is 9.90 Å². The van der Waals surface area contributed by atoms with Gasteiger partial charge < -0.3 is 15.7 Å². The molecule has 1 rings (SSSR count). The van der Waals surface area contributed by atoms with E-state index in [0.717, 1.165) is 32.2 Å². The van der Waals surface area contributed by atoms with Gasteiger partial charge in [-0.15, -0.1) is 0 Å². The Bertz CT molecular complexity index is 271. The van der Waals surface area contributed by atoms with Crippen molar-refractivity contribution in [2.45, 2.75) is 38.6 Å². The third kappa shape index (κ3) is 3.15.